The van der Waals surface area contributed by atoms with Crippen molar-refractivity contribution in [2.24, 2.45) is 5.92 Å². The topological polar surface area (TPSA) is 72.5 Å². The minimum absolute atomic E-state index is 0.362. The Bertz CT molecular complexity index is 518. The molecule has 0 aromatic carbocycles. The predicted octanol–water partition coefficient (Wildman–Crippen LogP) is 2.29. The zero-order chi connectivity index (χ0) is 18.7. The molecule has 0 aliphatic carbocycles. The summed E-state index contributed by atoms with van der Waals surface area (Å²) >= 11 is 0. The van der Waals surface area contributed by atoms with Gasteiger partial charge in [0.15, 0.2) is 0 Å². The van der Waals surface area contributed by atoms with Crippen LogP contribution >= 0.6 is 0 Å². The highest BCUT2D eigenvalue weighted by molar-refractivity contribution is 7.90. The van der Waals surface area contributed by atoms with Crippen LogP contribution in [-0.2, 0) is 19.6 Å². The minimum atomic E-state index is -6.79. The second-order valence-corrected chi connectivity index (χ2v) is 6.27. The molecule has 0 bridgehead atoms. The second-order valence-electron chi connectivity index (χ2n) is 4.46. The van der Waals surface area contributed by atoms with E-state index in [1.54, 1.807) is 6.92 Å². The molecule has 5 nitrogen and oxygen atoms in total. The molecule has 0 spiro atoms. The van der Waals surface area contributed by atoms with Crippen molar-refractivity contribution >= 4 is 16.0 Å². The minimum Gasteiger partial charge on any atom is -0.464 e. The van der Waals surface area contributed by atoms with E-state index in [4.69, 9.17) is 0 Å². The summed E-state index contributed by atoms with van der Waals surface area (Å²) in [5, 5.41) is -6.43. The summed E-state index contributed by atoms with van der Waals surface area (Å²) in [5.41, 5.74) is 0. The Labute approximate surface area is 127 Å². The molecule has 1 N–H and O–H groups in total. The summed E-state index contributed by atoms with van der Waals surface area (Å²) in [6, 6.07) is 0. The van der Waals surface area contributed by atoms with Crippen LogP contribution in [0.3, 0.4) is 0 Å². The van der Waals surface area contributed by atoms with E-state index in [1.807, 2.05) is 0 Å². The third-order valence-corrected chi connectivity index (χ3v) is 4.23. The summed E-state index contributed by atoms with van der Waals surface area (Å²) in [7, 11) is -6.37. The van der Waals surface area contributed by atoms with Gasteiger partial charge >= 0.3 is 23.3 Å². The van der Waals surface area contributed by atoms with E-state index in [-0.39, 0.29) is 0 Å². The van der Waals surface area contributed by atoms with Crippen LogP contribution in [0.4, 0.5) is 30.7 Å². The number of ether oxygens (including phenoxy) is 1. The lowest BCUT2D eigenvalue weighted by molar-refractivity contribution is -0.332. The van der Waals surface area contributed by atoms with Crippen molar-refractivity contribution in [3.8, 4) is 0 Å². The fourth-order valence-corrected chi connectivity index (χ4v) is 2.05. The van der Waals surface area contributed by atoms with Gasteiger partial charge in [-0.15, -0.1) is 0 Å². The van der Waals surface area contributed by atoms with Crippen molar-refractivity contribution in [3.05, 3.63) is 0 Å². The van der Waals surface area contributed by atoms with Crippen LogP contribution in [0.25, 0.3) is 0 Å². The van der Waals surface area contributed by atoms with Crippen molar-refractivity contribution in [3.63, 3.8) is 0 Å². The van der Waals surface area contributed by atoms with E-state index in [0.717, 1.165) is 4.72 Å². The average molecular weight is 377 g/mol. The SMILES string of the molecule is CCC(C)C(=O)OCCNS(=O)(=O)C(F)(F)C(F)(F)C(F)(F)F. The number of esters is 1. The number of alkyl halides is 7. The lowest BCUT2D eigenvalue weighted by Crippen LogP contribution is -2.59. The first-order chi connectivity index (χ1) is 10.1. The Kier molecular flexibility index (Phi) is 6.85. The average Bonchev–Trinajstić information content (AvgIpc) is 2.40. The number of hydrogen-bond acceptors (Lipinski definition) is 4. The Morgan fingerprint density at radius 3 is 2.00 bits per heavy atom. The monoisotopic (exact) mass is 377 g/mol. The smallest absolute Gasteiger partial charge is 0.461 e. The summed E-state index contributed by atoms with van der Waals surface area (Å²) in [6.07, 6.45) is -6.41. The third kappa shape index (κ3) is 4.68. The van der Waals surface area contributed by atoms with Gasteiger partial charge in [0, 0.05) is 6.54 Å². The van der Waals surface area contributed by atoms with Crippen LogP contribution in [0, 0.1) is 5.92 Å². The highest BCUT2D eigenvalue weighted by Crippen LogP contribution is 2.48. The molecular weight excluding hydrogens is 363 g/mol. The fourth-order valence-electron chi connectivity index (χ4n) is 1.06. The number of rotatable bonds is 8. The zero-order valence-electron chi connectivity index (χ0n) is 11.9. The zero-order valence-corrected chi connectivity index (χ0v) is 12.7. The first-order valence-corrected chi connectivity index (χ1v) is 7.58. The maximum Gasteiger partial charge on any atom is 0.461 e. The Balaban J connectivity index is 4.86. The number of halogens is 7. The van der Waals surface area contributed by atoms with Gasteiger partial charge < -0.3 is 4.74 Å². The standard InChI is InChI=1S/C10H14F7NO4S/c1-3-6(2)7(19)22-5-4-18-23(20,21)10(16,17)8(11,12)9(13,14)15/h6,18H,3-5H2,1-2H3. The van der Waals surface area contributed by atoms with Gasteiger partial charge in [0.2, 0.25) is 0 Å². The van der Waals surface area contributed by atoms with E-state index < -0.39 is 52.4 Å². The molecule has 0 saturated heterocycles. The van der Waals surface area contributed by atoms with Gasteiger partial charge in [0.05, 0.1) is 5.92 Å². The van der Waals surface area contributed by atoms with Crippen molar-refractivity contribution in [2.75, 3.05) is 13.2 Å². The molecule has 1 unspecified atom stereocenters. The second kappa shape index (κ2) is 7.20. The predicted molar refractivity (Wildman–Crippen MR) is 63.3 cm³/mol. The maximum atomic E-state index is 13.0. The number of nitrogens with one attached hydrogen (secondary N) is 1. The Morgan fingerprint density at radius 1 is 1.13 bits per heavy atom. The van der Waals surface area contributed by atoms with Crippen LogP contribution in [0.5, 0.6) is 0 Å². The van der Waals surface area contributed by atoms with Crippen molar-refractivity contribution < 1.29 is 48.7 Å². The molecule has 0 aromatic heterocycles. The van der Waals surface area contributed by atoms with Crippen LogP contribution in [0.1, 0.15) is 20.3 Å². The number of carbonyl (C=O) groups is 1. The van der Waals surface area contributed by atoms with Crippen molar-refractivity contribution in [1.29, 1.82) is 0 Å². The lowest BCUT2D eigenvalue weighted by Gasteiger charge is -2.27. The maximum absolute atomic E-state index is 13.0. The van der Waals surface area contributed by atoms with E-state index in [2.05, 4.69) is 4.74 Å². The molecule has 0 amide bonds. The van der Waals surface area contributed by atoms with E-state index in [0.29, 0.717) is 6.42 Å². The number of hydrogen-bond donors (Lipinski definition) is 1. The summed E-state index contributed by atoms with van der Waals surface area (Å²) in [4.78, 5) is 11.2. The summed E-state index contributed by atoms with van der Waals surface area (Å²) in [5.74, 6) is -8.18. The lowest BCUT2D eigenvalue weighted by atomic mass is 10.1. The molecule has 138 valence electrons. The fraction of sp³-hybridized carbons (Fsp3) is 0.900. The van der Waals surface area contributed by atoms with Gasteiger partial charge in [-0.25, -0.2) is 13.1 Å². The molecule has 0 fully saturated rings. The number of sulfonamides is 1. The normalized spacial score (nSPS) is 15.3. The van der Waals surface area contributed by atoms with Gasteiger partial charge in [0.1, 0.15) is 6.61 Å². The molecule has 0 aromatic rings. The van der Waals surface area contributed by atoms with Gasteiger partial charge in [-0.05, 0) is 6.42 Å². The summed E-state index contributed by atoms with van der Waals surface area (Å²) in [6.45, 7) is 1.17. The Morgan fingerprint density at radius 2 is 1.61 bits per heavy atom. The molecular formula is C10H14F7NO4S. The van der Waals surface area contributed by atoms with Gasteiger partial charge in [0.25, 0.3) is 10.0 Å². The molecule has 13 heteroatoms. The highest BCUT2D eigenvalue weighted by Gasteiger charge is 2.78. The molecule has 0 saturated carbocycles. The van der Waals surface area contributed by atoms with E-state index >= 15 is 0 Å². The molecule has 0 radical (unpaired) electrons. The van der Waals surface area contributed by atoms with Gasteiger partial charge in [-0.2, -0.15) is 30.7 Å². The van der Waals surface area contributed by atoms with Gasteiger partial charge in [-0.3, -0.25) is 4.79 Å². The summed E-state index contributed by atoms with van der Waals surface area (Å²) < 4.78 is 114. The molecule has 0 aliphatic heterocycles. The van der Waals surface area contributed by atoms with E-state index in [1.165, 1.54) is 6.92 Å². The number of carbonyl (C=O) groups excluding carboxylic acids is 1. The molecule has 0 aliphatic rings. The molecule has 0 heterocycles. The van der Waals surface area contributed by atoms with Crippen LogP contribution < -0.4 is 4.72 Å². The third-order valence-electron chi connectivity index (χ3n) is 2.71. The largest absolute Gasteiger partial charge is 0.464 e. The molecule has 0 rings (SSSR count). The first-order valence-electron chi connectivity index (χ1n) is 6.10. The first kappa shape index (κ1) is 21.9. The van der Waals surface area contributed by atoms with Crippen LogP contribution in [0.15, 0.2) is 0 Å². The van der Waals surface area contributed by atoms with E-state index in [9.17, 15) is 43.9 Å². The Hall–Kier alpha value is -1.11. The van der Waals surface area contributed by atoms with Crippen LogP contribution in [-0.4, -0.2) is 44.9 Å². The highest BCUT2D eigenvalue weighted by atomic mass is 32.2. The quantitative estimate of drug-likeness (QED) is 0.400. The van der Waals surface area contributed by atoms with Crippen molar-refractivity contribution in [1.82, 2.24) is 4.72 Å². The van der Waals surface area contributed by atoms with Gasteiger partial charge in [-0.1, -0.05) is 13.8 Å². The van der Waals surface area contributed by atoms with Crippen molar-refractivity contribution in [2.45, 2.75) is 37.6 Å². The van der Waals surface area contributed by atoms with Crippen LogP contribution in [0.2, 0.25) is 0 Å². The molecule has 1 atom stereocenters. The molecule has 23 heavy (non-hydrogen) atoms.